The quantitative estimate of drug-likeness (QED) is 0.324. The molecular formula is C11H23N3O2. The number of amidine groups is 1. The Hall–Kier alpha value is -1.26. The molecule has 0 aliphatic heterocycles. The number of carbonyl (C=O) groups excluding carboxylic acids is 1. The molecule has 0 aromatic rings. The second-order valence-corrected chi connectivity index (χ2v) is 4.80. The van der Waals surface area contributed by atoms with Gasteiger partial charge >= 0.3 is 0 Å². The topological polar surface area (TPSA) is 78.9 Å². The minimum absolute atomic E-state index is 0.0748. The summed E-state index contributed by atoms with van der Waals surface area (Å²) in [5.41, 5.74) is 5.05. The van der Waals surface area contributed by atoms with Crippen LogP contribution >= 0.6 is 0 Å². The van der Waals surface area contributed by atoms with Crippen molar-refractivity contribution in [2.75, 3.05) is 7.05 Å². The first-order chi connectivity index (χ1) is 7.26. The molecule has 0 spiro atoms. The predicted molar refractivity (Wildman–Crippen MR) is 64.3 cm³/mol. The van der Waals surface area contributed by atoms with Crippen LogP contribution in [0.4, 0.5) is 0 Å². The molecule has 0 heterocycles. The van der Waals surface area contributed by atoms with Crippen LogP contribution in [0.25, 0.3) is 0 Å². The molecule has 0 saturated carbocycles. The zero-order chi connectivity index (χ0) is 12.9. The van der Waals surface area contributed by atoms with Gasteiger partial charge in [0.05, 0.1) is 0 Å². The maximum Gasteiger partial charge on any atom is 0.228 e. The molecule has 1 amide bonds. The predicted octanol–water partition coefficient (Wildman–Crippen LogP) is 1.41. The standard InChI is InChI=1S/C11H23N3O2/c1-6-11(3,4)10(15)14(5)8(2)7-9(12)13-16/h8,16H,6-7H2,1-5H3,(H2,12,13). The van der Waals surface area contributed by atoms with Crippen LogP contribution in [0, 0.1) is 5.41 Å². The van der Waals surface area contributed by atoms with Crippen LogP contribution in [0.2, 0.25) is 0 Å². The van der Waals surface area contributed by atoms with E-state index in [0.717, 1.165) is 6.42 Å². The monoisotopic (exact) mass is 229 g/mol. The summed E-state index contributed by atoms with van der Waals surface area (Å²) >= 11 is 0. The SMILES string of the molecule is CCC(C)(C)C(=O)N(C)C(C)CC(N)=NO. The first kappa shape index (κ1) is 14.7. The van der Waals surface area contributed by atoms with E-state index in [-0.39, 0.29) is 23.2 Å². The third kappa shape index (κ3) is 3.72. The normalized spacial score (nSPS) is 14.7. The molecular weight excluding hydrogens is 206 g/mol. The summed E-state index contributed by atoms with van der Waals surface area (Å²) in [6.07, 6.45) is 1.16. The molecule has 0 saturated heterocycles. The number of oxime groups is 1. The number of carbonyl (C=O) groups is 1. The van der Waals surface area contributed by atoms with Crippen LogP contribution in [0.3, 0.4) is 0 Å². The van der Waals surface area contributed by atoms with Gasteiger partial charge in [-0.3, -0.25) is 4.79 Å². The van der Waals surface area contributed by atoms with Gasteiger partial charge in [0.15, 0.2) is 0 Å². The van der Waals surface area contributed by atoms with Crippen LogP contribution in [0.1, 0.15) is 40.5 Å². The van der Waals surface area contributed by atoms with E-state index in [9.17, 15) is 4.79 Å². The lowest BCUT2D eigenvalue weighted by molar-refractivity contribution is -0.140. The van der Waals surface area contributed by atoms with Gasteiger partial charge in [-0.15, -0.1) is 0 Å². The van der Waals surface area contributed by atoms with Crippen LogP contribution in [0.15, 0.2) is 5.16 Å². The molecule has 0 fully saturated rings. The van der Waals surface area contributed by atoms with Gasteiger partial charge in [0, 0.05) is 24.9 Å². The summed E-state index contributed by atoms with van der Waals surface area (Å²) in [4.78, 5) is 13.7. The lowest BCUT2D eigenvalue weighted by Gasteiger charge is -2.32. The number of hydrogen-bond acceptors (Lipinski definition) is 3. The van der Waals surface area contributed by atoms with Crippen molar-refractivity contribution in [3.05, 3.63) is 0 Å². The summed E-state index contributed by atoms with van der Waals surface area (Å²) in [5.74, 6) is 0.217. The van der Waals surface area contributed by atoms with Gasteiger partial charge < -0.3 is 15.8 Å². The van der Waals surface area contributed by atoms with Gasteiger partial charge in [0.25, 0.3) is 0 Å². The van der Waals surface area contributed by atoms with Gasteiger partial charge in [-0.05, 0) is 13.3 Å². The van der Waals surface area contributed by atoms with Crippen molar-refractivity contribution in [2.24, 2.45) is 16.3 Å². The molecule has 0 aromatic heterocycles. The van der Waals surface area contributed by atoms with Gasteiger partial charge in [0.2, 0.25) is 5.91 Å². The molecule has 1 atom stereocenters. The Labute approximate surface area is 97.3 Å². The van der Waals surface area contributed by atoms with E-state index in [1.807, 2.05) is 27.7 Å². The Morgan fingerprint density at radius 3 is 2.44 bits per heavy atom. The minimum atomic E-state index is -0.367. The van der Waals surface area contributed by atoms with Gasteiger partial charge in [-0.25, -0.2) is 0 Å². The lowest BCUT2D eigenvalue weighted by atomic mass is 9.88. The Morgan fingerprint density at radius 2 is 2.06 bits per heavy atom. The Kier molecular flexibility index (Phi) is 5.27. The zero-order valence-electron chi connectivity index (χ0n) is 10.8. The van der Waals surface area contributed by atoms with E-state index in [0.29, 0.717) is 6.42 Å². The van der Waals surface area contributed by atoms with Crippen LogP contribution in [-0.4, -0.2) is 34.9 Å². The molecule has 94 valence electrons. The number of hydrogen-bond donors (Lipinski definition) is 2. The average molecular weight is 229 g/mol. The summed E-state index contributed by atoms with van der Waals surface area (Å²) in [6.45, 7) is 7.70. The zero-order valence-corrected chi connectivity index (χ0v) is 10.8. The van der Waals surface area contributed by atoms with Gasteiger partial charge in [-0.2, -0.15) is 0 Å². The Morgan fingerprint density at radius 1 is 1.56 bits per heavy atom. The fourth-order valence-electron chi connectivity index (χ4n) is 1.31. The Bertz CT molecular complexity index is 274. The second kappa shape index (κ2) is 5.72. The second-order valence-electron chi connectivity index (χ2n) is 4.80. The molecule has 0 aliphatic carbocycles. The summed E-state index contributed by atoms with van der Waals surface area (Å²) < 4.78 is 0. The maximum absolute atomic E-state index is 12.1. The molecule has 0 radical (unpaired) electrons. The third-order valence-corrected chi connectivity index (χ3v) is 3.08. The van der Waals surface area contributed by atoms with Gasteiger partial charge in [-0.1, -0.05) is 25.9 Å². The summed E-state index contributed by atoms with van der Waals surface area (Å²) in [5, 5.41) is 11.4. The van der Waals surface area contributed by atoms with E-state index >= 15 is 0 Å². The number of rotatable bonds is 5. The Balaban J connectivity index is 4.56. The number of nitrogens with zero attached hydrogens (tertiary/aromatic N) is 2. The van der Waals surface area contributed by atoms with Crippen molar-refractivity contribution in [3.8, 4) is 0 Å². The molecule has 0 aliphatic rings. The van der Waals surface area contributed by atoms with E-state index in [4.69, 9.17) is 10.9 Å². The van der Waals surface area contributed by atoms with E-state index in [2.05, 4.69) is 5.16 Å². The van der Waals surface area contributed by atoms with Crippen LogP contribution < -0.4 is 5.73 Å². The highest BCUT2D eigenvalue weighted by Gasteiger charge is 2.30. The highest BCUT2D eigenvalue weighted by Crippen LogP contribution is 2.23. The third-order valence-electron chi connectivity index (χ3n) is 3.08. The summed E-state index contributed by atoms with van der Waals surface area (Å²) in [6, 6.07) is -0.0748. The van der Waals surface area contributed by atoms with E-state index < -0.39 is 0 Å². The molecule has 16 heavy (non-hydrogen) atoms. The van der Waals surface area contributed by atoms with Crippen LogP contribution in [-0.2, 0) is 4.79 Å². The average Bonchev–Trinajstić information content (AvgIpc) is 2.26. The first-order valence-corrected chi connectivity index (χ1v) is 5.50. The fraction of sp³-hybridized carbons (Fsp3) is 0.818. The number of amides is 1. The largest absolute Gasteiger partial charge is 0.409 e. The minimum Gasteiger partial charge on any atom is -0.409 e. The van der Waals surface area contributed by atoms with E-state index in [1.54, 1.807) is 11.9 Å². The fourth-order valence-corrected chi connectivity index (χ4v) is 1.31. The molecule has 0 rings (SSSR count). The van der Waals surface area contributed by atoms with Gasteiger partial charge in [0.1, 0.15) is 5.84 Å². The highest BCUT2D eigenvalue weighted by molar-refractivity contribution is 5.84. The van der Waals surface area contributed by atoms with Crippen molar-refractivity contribution in [3.63, 3.8) is 0 Å². The van der Waals surface area contributed by atoms with Crippen molar-refractivity contribution >= 4 is 11.7 Å². The number of nitrogens with two attached hydrogens (primary N) is 1. The molecule has 0 bridgehead atoms. The van der Waals surface area contributed by atoms with Crippen LogP contribution in [0.5, 0.6) is 0 Å². The highest BCUT2D eigenvalue weighted by atomic mass is 16.4. The summed E-state index contributed by atoms with van der Waals surface area (Å²) in [7, 11) is 1.75. The smallest absolute Gasteiger partial charge is 0.228 e. The molecule has 3 N–H and O–H groups in total. The maximum atomic E-state index is 12.1. The van der Waals surface area contributed by atoms with Crippen molar-refractivity contribution in [1.82, 2.24) is 4.90 Å². The van der Waals surface area contributed by atoms with E-state index in [1.165, 1.54) is 0 Å². The molecule has 1 unspecified atom stereocenters. The molecule has 5 heteroatoms. The first-order valence-electron chi connectivity index (χ1n) is 5.50. The van der Waals surface area contributed by atoms with Crippen molar-refractivity contribution in [2.45, 2.75) is 46.6 Å². The lowest BCUT2D eigenvalue weighted by Crippen LogP contribution is -2.44. The van der Waals surface area contributed by atoms with Crippen molar-refractivity contribution in [1.29, 1.82) is 0 Å². The molecule has 5 nitrogen and oxygen atoms in total. The van der Waals surface area contributed by atoms with Crippen molar-refractivity contribution < 1.29 is 10.0 Å². The molecule has 0 aromatic carbocycles.